The Morgan fingerprint density at radius 2 is 1.21 bits per heavy atom. The van der Waals surface area contributed by atoms with E-state index in [2.05, 4.69) is 69.1 Å². The van der Waals surface area contributed by atoms with Gasteiger partial charge >= 0.3 is 20.1 Å². The third-order valence-corrected chi connectivity index (χ3v) is 12.4. The Hall–Kier alpha value is -6.85. The Kier molecular flexibility index (Phi) is 10.1. The van der Waals surface area contributed by atoms with Crippen molar-refractivity contribution in [2.45, 2.75) is 77.8 Å². The van der Waals surface area contributed by atoms with E-state index in [0.717, 1.165) is 44.8 Å². The average Bonchev–Trinajstić information content (AvgIpc) is 3.90. The minimum absolute atomic E-state index is 0. The maximum atomic E-state index is 10.1. The molecule has 0 amide bonds. The number of hydrogen-bond acceptors (Lipinski definition) is 5. The van der Waals surface area contributed by atoms with Gasteiger partial charge in [-0.05, 0) is 123 Å². The molecule has 0 aliphatic rings. The first-order valence-electron chi connectivity index (χ1n) is 27.3. The van der Waals surface area contributed by atoms with E-state index >= 15 is 0 Å². The standard InChI is InChI=1S/C62H53N4O.Ir/c1-41-16-13-14-21-51(41)54-35-57(52-22-15-23-58-59(52)53-29-24-42(2)66-60(53)67-58)63-38-48(54)26-25-43-32-44(36-61(3,4)49-27-30-55(64-39-49)46-17-9-7-10-18-46)34-45(33-43)37-62(5,6)50-28-31-56(65-40-50)47-19-11-8-12-20-47;/h7-17,19,21,23-24,27-35,38-40H,25-26,36-37H2,1-6H3;/q-3;+3/i1D3,2D3,25D2,26D2;. The monoisotopic (exact) mass is 1070 g/mol. The zero-order chi connectivity index (χ0) is 54.7. The average molecular weight is 1070 g/mol. The molecule has 0 atom stereocenters. The van der Waals surface area contributed by atoms with Crippen molar-refractivity contribution in [3.05, 3.63) is 227 Å². The summed E-state index contributed by atoms with van der Waals surface area (Å²) in [6.07, 6.45) is 0.281. The van der Waals surface area contributed by atoms with Crippen LogP contribution in [0.1, 0.15) is 86.0 Å². The second-order valence-corrected chi connectivity index (χ2v) is 18.2. The zero-order valence-electron chi connectivity index (χ0n) is 48.0. The number of hydrogen-bond donors (Lipinski definition) is 0. The molecule has 5 aromatic heterocycles. The fourth-order valence-electron chi connectivity index (χ4n) is 8.89. The summed E-state index contributed by atoms with van der Waals surface area (Å²) in [5, 5.41) is 1.00. The van der Waals surface area contributed by atoms with E-state index in [9.17, 15) is 5.48 Å². The molecule has 0 aliphatic heterocycles. The number of aromatic nitrogens is 4. The summed E-state index contributed by atoms with van der Waals surface area (Å²) in [5.41, 5.74) is 6.89. The summed E-state index contributed by atoms with van der Waals surface area (Å²) in [6.45, 7) is 3.31. The van der Waals surface area contributed by atoms with Crippen molar-refractivity contribution in [1.29, 1.82) is 0 Å². The van der Waals surface area contributed by atoms with Crippen LogP contribution in [0, 0.1) is 31.9 Å². The molecule has 10 aromatic rings. The Bertz CT molecular complexity index is 3670. The molecular weight excluding hydrogens is 1010 g/mol. The predicted octanol–water partition coefficient (Wildman–Crippen LogP) is 14.7. The van der Waals surface area contributed by atoms with Gasteiger partial charge < -0.3 is 19.4 Å². The van der Waals surface area contributed by atoms with Crippen molar-refractivity contribution in [3.8, 4) is 44.9 Å². The van der Waals surface area contributed by atoms with E-state index in [1.165, 1.54) is 18.3 Å². The molecule has 0 fully saturated rings. The van der Waals surface area contributed by atoms with Gasteiger partial charge in [0.15, 0.2) is 0 Å². The van der Waals surface area contributed by atoms with Crippen LogP contribution >= 0.6 is 0 Å². The molecule has 5 aromatic carbocycles. The van der Waals surface area contributed by atoms with Crippen molar-refractivity contribution in [1.82, 2.24) is 19.9 Å². The van der Waals surface area contributed by atoms with Gasteiger partial charge in [-0.1, -0.05) is 118 Å². The summed E-state index contributed by atoms with van der Waals surface area (Å²) in [7, 11) is 0. The minimum atomic E-state index is -2.85. The molecule has 0 unspecified atom stereocenters. The fourth-order valence-corrected chi connectivity index (χ4v) is 8.89. The maximum absolute atomic E-state index is 10.1. The Balaban J connectivity index is 0.00000740. The quantitative estimate of drug-likeness (QED) is 0.108. The minimum Gasteiger partial charge on any atom is -0.458 e. The third kappa shape index (κ3) is 9.76. The van der Waals surface area contributed by atoms with E-state index in [1.807, 2.05) is 73.1 Å². The summed E-state index contributed by atoms with van der Waals surface area (Å²) in [5.74, 6) is 0. The number of aryl methyl sites for hydroxylation is 4. The third-order valence-electron chi connectivity index (χ3n) is 12.4. The van der Waals surface area contributed by atoms with Gasteiger partial charge in [0.05, 0.1) is 5.58 Å². The normalized spacial score (nSPS) is 14.8. The first-order valence-corrected chi connectivity index (χ1v) is 22.3. The topological polar surface area (TPSA) is 64.7 Å². The van der Waals surface area contributed by atoms with Gasteiger partial charge in [0.2, 0.25) is 5.71 Å². The van der Waals surface area contributed by atoms with Crippen LogP contribution in [0.5, 0.6) is 0 Å². The van der Waals surface area contributed by atoms with Crippen molar-refractivity contribution < 1.29 is 38.2 Å². The Morgan fingerprint density at radius 3 is 1.81 bits per heavy atom. The van der Waals surface area contributed by atoms with Gasteiger partial charge in [-0.3, -0.25) is 0 Å². The number of benzene rings is 5. The molecular formula is C62H53IrN4O. The summed E-state index contributed by atoms with van der Waals surface area (Å²) in [6, 6.07) is 52.8. The van der Waals surface area contributed by atoms with Crippen LogP contribution in [0.3, 0.4) is 0 Å². The van der Waals surface area contributed by atoms with Crippen LogP contribution < -0.4 is 0 Å². The van der Waals surface area contributed by atoms with Crippen molar-refractivity contribution in [3.63, 3.8) is 0 Å². The fraction of sp³-hybridized carbons (Fsp3) is 0.194. The van der Waals surface area contributed by atoms with Crippen molar-refractivity contribution in [2.24, 2.45) is 0 Å². The molecule has 0 radical (unpaired) electrons. The van der Waals surface area contributed by atoms with Crippen LogP contribution in [0.4, 0.5) is 0 Å². The maximum Gasteiger partial charge on any atom is 3.00 e. The Labute approximate surface area is 428 Å². The predicted molar refractivity (Wildman–Crippen MR) is 273 cm³/mol. The largest absolute Gasteiger partial charge is 3.00 e. The van der Waals surface area contributed by atoms with Crippen molar-refractivity contribution in [2.75, 3.05) is 0 Å². The van der Waals surface area contributed by atoms with E-state index < -0.39 is 37.3 Å². The number of fused-ring (bicyclic) bond motifs is 3. The SMILES string of the molecule is [2H]C([2H])([2H])c1ccc2c(n1)oc1cc[c-]c(-c3cc(-c4ccccc4C([2H])([2H])[2H])c(C([2H])([2H])C([2H])([2H])c4cc(CC(C)(C)c5ccc(-c6[c-]cccc6)nc5)cc(CC(C)(C)c5ccc(-c6[c-]cccc6)nc5)c4)cn3)c12.[Ir+3]. The molecule has 0 bridgehead atoms. The van der Waals surface area contributed by atoms with Crippen molar-refractivity contribution >= 4 is 22.1 Å². The van der Waals surface area contributed by atoms with Crippen LogP contribution in [0.25, 0.3) is 67.0 Å². The van der Waals surface area contributed by atoms with Crippen LogP contribution in [-0.2, 0) is 56.5 Å². The van der Waals surface area contributed by atoms with E-state index in [4.69, 9.17) is 27.6 Å². The van der Waals surface area contributed by atoms with E-state index in [-0.39, 0.29) is 65.0 Å². The van der Waals surface area contributed by atoms with Gasteiger partial charge in [0, 0.05) is 43.4 Å². The number of furan rings is 1. The molecule has 10 rings (SSSR count). The van der Waals surface area contributed by atoms with Gasteiger partial charge in [0.1, 0.15) is 0 Å². The van der Waals surface area contributed by atoms with Crippen LogP contribution in [0.2, 0.25) is 0 Å². The smallest absolute Gasteiger partial charge is 0.458 e. The second kappa shape index (κ2) is 19.4. The molecule has 336 valence electrons. The first kappa shape index (κ1) is 35.3. The van der Waals surface area contributed by atoms with Gasteiger partial charge in [-0.15, -0.1) is 89.5 Å². The molecule has 68 heavy (non-hydrogen) atoms. The zero-order valence-corrected chi connectivity index (χ0v) is 40.4. The molecule has 0 aliphatic carbocycles. The second-order valence-electron chi connectivity index (χ2n) is 18.2. The van der Waals surface area contributed by atoms with Gasteiger partial charge in [-0.25, -0.2) is 4.98 Å². The number of rotatable bonds is 13. The van der Waals surface area contributed by atoms with Gasteiger partial charge in [-0.2, -0.15) is 0 Å². The van der Waals surface area contributed by atoms with E-state index in [0.29, 0.717) is 34.8 Å². The molecule has 6 heteroatoms. The van der Waals surface area contributed by atoms with Gasteiger partial charge in [0.25, 0.3) is 0 Å². The first-order chi connectivity index (χ1) is 36.4. The summed E-state index contributed by atoms with van der Waals surface area (Å²) in [4.78, 5) is 18.7. The molecule has 5 heterocycles. The molecule has 5 nitrogen and oxygen atoms in total. The van der Waals surface area contributed by atoms with Crippen LogP contribution in [-0.4, -0.2) is 19.9 Å². The summed E-state index contributed by atoms with van der Waals surface area (Å²) < 4.78 is 95.8. The summed E-state index contributed by atoms with van der Waals surface area (Å²) >= 11 is 0. The molecule has 0 spiro atoms. The number of pyridine rings is 4. The number of nitrogens with zero attached hydrogens (tertiary/aromatic N) is 4. The van der Waals surface area contributed by atoms with Crippen LogP contribution in [0.15, 0.2) is 169 Å². The molecule has 0 saturated heterocycles. The molecule has 0 saturated carbocycles. The Morgan fingerprint density at radius 1 is 0.574 bits per heavy atom. The molecule has 0 N–H and O–H groups in total. The van der Waals surface area contributed by atoms with E-state index in [1.54, 1.807) is 54.6 Å².